The van der Waals surface area contributed by atoms with Crippen LogP contribution in [-0.4, -0.2) is 47.1 Å². The molecule has 0 bridgehead atoms. The molecule has 0 aliphatic carbocycles. The molecule has 0 spiro atoms. The minimum absolute atomic E-state index is 0.220. The molecule has 1 aliphatic heterocycles. The third kappa shape index (κ3) is 5.77. The van der Waals surface area contributed by atoms with Crippen LogP contribution in [0.4, 0.5) is 28.0 Å². The Morgan fingerprint density at radius 2 is 1.97 bits per heavy atom. The molecule has 1 aromatic heterocycles. The second kappa shape index (κ2) is 9.06. The Kier molecular flexibility index (Phi) is 6.18. The van der Waals surface area contributed by atoms with E-state index in [0.29, 0.717) is 30.1 Å². The van der Waals surface area contributed by atoms with Gasteiger partial charge in [-0.05, 0) is 55.9 Å². The van der Waals surface area contributed by atoms with Crippen molar-refractivity contribution in [3.63, 3.8) is 0 Å². The molecule has 2 heterocycles. The van der Waals surface area contributed by atoms with Crippen molar-refractivity contribution in [2.45, 2.75) is 24.9 Å². The van der Waals surface area contributed by atoms with Crippen molar-refractivity contribution in [2.24, 2.45) is 0 Å². The van der Waals surface area contributed by atoms with Gasteiger partial charge in [0.05, 0.1) is 6.04 Å². The summed E-state index contributed by atoms with van der Waals surface area (Å²) in [6, 6.07) is 9.74. The summed E-state index contributed by atoms with van der Waals surface area (Å²) in [4.78, 5) is 18.5. The van der Waals surface area contributed by atoms with Crippen molar-refractivity contribution >= 4 is 11.7 Å². The number of halogens is 4. The van der Waals surface area contributed by atoms with Crippen molar-refractivity contribution in [3.05, 3.63) is 60.2 Å². The van der Waals surface area contributed by atoms with Gasteiger partial charge in [0.2, 0.25) is 11.7 Å². The van der Waals surface area contributed by atoms with E-state index >= 15 is 0 Å². The van der Waals surface area contributed by atoms with Gasteiger partial charge in [-0.3, -0.25) is 4.90 Å². The molecule has 2 amide bonds. The Labute approximate surface area is 185 Å². The zero-order chi connectivity index (χ0) is 23.6. The number of carbonyl (C=O) groups is 1. The zero-order valence-corrected chi connectivity index (χ0v) is 17.3. The van der Waals surface area contributed by atoms with Crippen LogP contribution < -0.4 is 15.4 Å². The van der Waals surface area contributed by atoms with Crippen LogP contribution in [0.2, 0.25) is 0 Å². The number of nitrogens with one attached hydrogen (secondary N) is 2. The number of likely N-dealkylation sites (N-methyl/N-ethyl adjacent to an activating group) is 1. The van der Waals surface area contributed by atoms with Crippen LogP contribution >= 0.6 is 0 Å². The fourth-order valence-corrected chi connectivity index (χ4v) is 3.61. The first-order chi connectivity index (χ1) is 15.7. The topological polar surface area (TPSA) is 92.5 Å². The Hall–Kier alpha value is -3.67. The number of likely N-dealkylation sites (tertiary alicyclic amines) is 1. The summed E-state index contributed by atoms with van der Waals surface area (Å²) >= 11 is 0. The molecule has 1 fully saturated rings. The van der Waals surface area contributed by atoms with Crippen LogP contribution in [-0.2, 0) is 0 Å². The summed E-state index contributed by atoms with van der Waals surface area (Å²) in [5.74, 6) is -0.269. The zero-order valence-electron chi connectivity index (χ0n) is 17.3. The average molecular weight is 465 g/mol. The summed E-state index contributed by atoms with van der Waals surface area (Å²) < 4.78 is 59.4. The molecule has 12 heteroatoms. The minimum atomic E-state index is -4.77. The Morgan fingerprint density at radius 3 is 2.67 bits per heavy atom. The normalized spacial score (nSPS) is 18.8. The molecular weight excluding hydrogens is 446 g/mol. The number of alkyl halides is 3. The number of rotatable bonds is 5. The Morgan fingerprint density at radius 1 is 1.21 bits per heavy atom. The largest absolute Gasteiger partial charge is 0.573 e. The molecule has 1 saturated heterocycles. The molecule has 2 N–H and O–H groups in total. The highest BCUT2D eigenvalue weighted by Gasteiger charge is 2.35. The standard InChI is InChI=1S/C21H19F4N5O3/c1-30-11-15(27-20(31)26-14-4-2-3-13(22)9-14)10-17(30)19-28-18(29-33-19)12-5-7-16(8-6-12)32-21(23,24)25/h2-9,15,17H,10-11H2,1H3,(H2,26,27,31)/t15-,17-/m0/s1. The van der Waals surface area contributed by atoms with E-state index in [0.717, 1.165) is 12.1 Å². The lowest BCUT2D eigenvalue weighted by Gasteiger charge is -2.14. The number of hydrogen-bond donors (Lipinski definition) is 2. The molecule has 174 valence electrons. The van der Waals surface area contributed by atoms with E-state index in [2.05, 4.69) is 25.5 Å². The SMILES string of the molecule is CN1C[C@@H](NC(=O)Nc2cccc(F)c2)C[C@H]1c1nc(-c2ccc(OC(F)(F)F)cc2)no1. The van der Waals surface area contributed by atoms with Gasteiger partial charge in [-0.15, -0.1) is 13.2 Å². The van der Waals surface area contributed by atoms with Crippen molar-refractivity contribution in [1.29, 1.82) is 0 Å². The third-order valence-electron chi connectivity index (χ3n) is 5.04. The molecule has 3 aromatic rings. The summed E-state index contributed by atoms with van der Waals surface area (Å²) in [5, 5.41) is 9.32. The predicted octanol–water partition coefficient (Wildman–Crippen LogP) is 4.34. The van der Waals surface area contributed by atoms with Crippen LogP contribution in [0.15, 0.2) is 53.1 Å². The number of ether oxygens (including phenoxy) is 1. The molecule has 2 aromatic carbocycles. The number of urea groups is 1. The highest BCUT2D eigenvalue weighted by molar-refractivity contribution is 5.89. The van der Waals surface area contributed by atoms with Crippen molar-refractivity contribution in [3.8, 4) is 17.1 Å². The maximum atomic E-state index is 13.3. The number of benzene rings is 2. The van der Waals surface area contributed by atoms with Crippen molar-refractivity contribution in [2.75, 3.05) is 18.9 Å². The first-order valence-corrected chi connectivity index (χ1v) is 9.89. The van der Waals surface area contributed by atoms with Gasteiger partial charge in [-0.25, -0.2) is 9.18 Å². The minimum Gasteiger partial charge on any atom is -0.406 e. The van der Waals surface area contributed by atoms with E-state index in [-0.39, 0.29) is 23.7 Å². The second-order valence-electron chi connectivity index (χ2n) is 7.53. The van der Waals surface area contributed by atoms with Crippen molar-refractivity contribution < 1.29 is 31.6 Å². The molecule has 2 atom stereocenters. The lowest BCUT2D eigenvalue weighted by Crippen LogP contribution is -2.39. The molecule has 1 aliphatic rings. The van der Waals surface area contributed by atoms with Crippen LogP contribution in [0.1, 0.15) is 18.4 Å². The number of amides is 2. The van der Waals surface area contributed by atoms with Gasteiger partial charge in [-0.2, -0.15) is 4.98 Å². The van der Waals surface area contributed by atoms with Gasteiger partial charge in [0, 0.05) is 23.8 Å². The molecule has 0 unspecified atom stereocenters. The second-order valence-corrected chi connectivity index (χ2v) is 7.53. The van der Waals surface area contributed by atoms with E-state index in [1.165, 1.54) is 30.3 Å². The number of anilines is 1. The molecule has 0 radical (unpaired) electrons. The summed E-state index contributed by atoms with van der Waals surface area (Å²) in [5.41, 5.74) is 0.799. The molecule has 8 nitrogen and oxygen atoms in total. The first kappa shape index (κ1) is 22.5. The van der Waals surface area contributed by atoms with E-state index in [1.54, 1.807) is 6.07 Å². The fraction of sp³-hybridized carbons (Fsp3) is 0.286. The molecule has 0 saturated carbocycles. The van der Waals surface area contributed by atoms with Crippen LogP contribution in [0.3, 0.4) is 0 Å². The summed E-state index contributed by atoms with van der Waals surface area (Å²) in [6.45, 7) is 0.516. The Balaban J connectivity index is 1.37. The highest BCUT2D eigenvalue weighted by Crippen LogP contribution is 2.31. The molecule has 33 heavy (non-hydrogen) atoms. The molecular formula is C21H19F4N5O3. The smallest absolute Gasteiger partial charge is 0.406 e. The summed E-state index contributed by atoms with van der Waals surface area (Å²) in [7, 11) is 1.84. The number of aromatic nitrogens is 2. The van der Waals surface area contributed by atoms with Crippen LogP contribution in [0, 0.1) is 5.82 Å². The predicted molar refractivity (Wildman–Crippen MR) is 109 cm³/mol. The van der Waals surface area contributed by atoms with Crippen LogP contribution in [0.5, 0.6) is 5.75 Å². The van der Waals surface area contributed by atoms with E-state index < -0.39 is 18.2 Å². The highest BCUT2D eigenvalue weighted by atomic mass is 19.4. The average Bonchev–Trinajstić information content (AvgIpc) is 3.34. The van der Waals surface area contributed by atoms with Gasteiger partial charge in [0.25, 0.3) is 0 Å². The number of hydrogen-bond acceptors (Lipinski definition) is 6. The van der Waals surface area contributed by atoms with E-state index in [4.69, 9.17) is 4.52 Å². The van der Waals surface area contributed by atoms with Crippen LogP contribution in [0.25, 0.3) is 11.4 Å². The quantitative estimate of drug-likeness (QED) is 0.545. The molecule has 4 rings (SSSR count). The summed E-state index contributed by atoms with van der Waals surface area (Å²) in [6.07, 6.45) is -4.28. The first-order valence-electron chi connectivity index (χ1n) is 9.89. The van der Waals surface area contributed by atoms with Gasteiger partial charge < -0.3 is 19.9 Å². The lowest BCUT2D eigenvalue weighted by atomic mass is 10.1. The van der Waals surface area contributed by atoms with Gasteiger partial charge in [0.15, 0.2) is 0 Å². The third-order valence-corrected chi connectivity index (χ3v) is 5.04. The maximum Gasteiger partial charge on any atom is 0.573 e. The number of carbonyl (C=O) groups excluding carboxylic acids is 1. The fourth-order valence-electron chi connectivity index (χ4n) is 3.61. The monoisotopic (exact) mass is 465 g/mol. The Bertz CT molecular complexity index is 1120. The van der Waals surface area contributed by atoms with Gasteiger partial charge >= 0.3 is 12.4 Å². The van der Waals surface area contributed by atoms with E-state index in [1.807, 2.05) is 11.9 Å². The maximum absolute atomic E-state index is 13.3. The van der Waals surface area contributed by atoms with Gasteiger partial charge in [-0.1, -0.05) is 11.2 Å². The lowest BCUT2D eigenvalue weighted by molar-refractivity contribution is -0.274. The van der Waals surface area contributed by atoms with E-state index in [9.17, 15) is 22.4 Å². The van der Waals surface area contributed by atoms with Crippen molar-refractivity contribution in [1.82, 2.24) is 20.4 Å². The number of nitrogens with zero attached hydrogens (tertiary/aromatic N) is 3. The van der Waals surface area contributed by atoms with Gasteiger partial charge in [0.1, 0.15) is 11.6 Å².